The van der Waals surface area contributed by atoms with Gasteiger partial charge in [0.05, 0.1) is 18.4 Å². The van der Waals surface area contributed by atoms with Crippen molar-refractivity contribution >= 4 is 8.32 Å². The summed E-state index contributed by atoms with van der Waals surface area (Å²) in [6.07, 6.45) is 1.00. The fraction of sp³-hybridized carbons (Fsp3) is 0.722. The molecule has 4 unspecified atom stereocenters. The van der Waals surface area contributed by atoms with Crippen molar-refractivity contribution in [3.63, 3.8) is 0 Å². The van der Waals surface area contributed by atoms with E-state index in [2.05, 4.69) is 59.6 Å². The molecule has 4 atom stereocenters. The van der Waals surface area contributed by atoms with Crippen LogP contribution in [0.4, 0.5) is 13.2 Å². The smallest absolute Gasteiger partial charge is 0.410 e. The second-order valence-corrected chi connectivity index (χ2v) is 21.0. The summed E-state index contributed by atoms with van der Waals surface area (Å²) in [5.41, 5.74) is 4.52. The Labute approximate surface area is 273 Å². The Hall–Kier alpha value is -1.85. The number of ether oxygens (including phenoxy) is 3. The summed E-state index contributed by atoms with van der Waals surface area (Å²) in [5.74, 6) is 0.242. The van der Waals surface area contributed by atoms with Crippen LogP contribution in [0.5, 0.6) is 0 Å². The van der Waals surface area contributed by atoms with Crippen LogP contribution in [0.3, 0.4) is 0 Å². The van der Waals surface area contributed by atoms with E-state index in [1.54, 1.807) is 6.07 Å². The van der Waals surface area contributed by atoms with Gasteiger partial charge in [0.2, 0.25) is 0 Å². The zero-order valence-corrected chi connectivity index (χ0v) is 29.8. The van der Waals surface area contributed by atoms with Gasteiger partial charge in [-0.05, 0) is 67.3 Å². The van der Waals surface area contributed by atoms with Crippen LogP contribution < -0.4 is 0 Å². The van der Waals surface area contributed by atoms with Gasteiger partial charge < -0.3 is 18.6 Å². The maximum Gasteiger partial charge on any atom is 0.433 e. The largest absolute Gasteiger partial charge is 0.433 e. The summed E-state index contributed by atoms with van der Waals surface area (Å²) in [5, 5.41) is 0.0145. The van der Waals surface area contributed by atoms with Crippen molar-refractivity contribution in [3.8, 4) is 0 Å². The van der Waals surface area contributed by atoms with Crippen molar-refractivity contribution in [3.05, 3.63) is 57.7 Å². The molecule has 2 fully saturated rings. The van der Waals surface area contributed by atoms with Gasteiger partial charge in [-0.25, -0.2) is 0 Å². The number of hydrogen-bond donors (Lipinski definition) is 0. The molecule has 10 heteroatoms. The zero-order valence-electron chi connectivity index (χ0n) is 28.8. The highest BCUT2D eigenvalue weighted by Gasteiger charge is 2.57. The molecule has 1 aliphatic carbocycles. The molecular formula is C36H51F3N2O4Si. The molecule has 0 N–H and O–H groups in total. The van der Waals surface area contributed by atoms with Gasteiger partial charge in [-0.15, -0.1) is 0 Å². The molecule has 6 rings (SSSR count). The normalized spacial score (nSPS) is 28.7. The molecule has 0 aromatic carbocycles. The number of halogens is 3. The number of aromatic nitrogens is 2. The summed E-state index contributed by atoms with van der Waals surface area (Å²) in [6.45, 7) is 20.7. The minimum Gasteiger partial charge on any atom is -0.410 e. The topological polar surface area (TPSA) is 62.7 Å². The quantitative estimate of drug-likeness (QED) is 0.298. The van der Waals surface area contributed by atoms with Crippen molar-refractivity contribution in [2.24, 2.45) is 11.3 Å². The molecule has 2 aromatic rings. The Morgan fingerprint density at radius 1 is 1.02 bits per heavy atom. The molecule has 6 nitrogen and oxygen atoms in total. The van der Waals surface area contributed by atoms with Gasteiger partial charge in [-0.3, -0.25) is 9.97 Å². The Kier molecular flexibility index (Phi) is 8.83. The molecule has 0 radical (unpaired) electrons. The van der Waals surface area contributed by atoms with Crippen LogP contribution in [-0.2, 0) is 36.8 Å². The molecule has 2 saturated heterocycles. The lowest BCUT2D eigenvalue weighted by Crippen LogP contribution is -2.46. The van der Waals surface area contributed by atoms with Gasteiger partial charge in [0.15, 0.2) is 8.32 Å². The Bertz CT molecular complexity index is 1430. The predicted molar refractivity (Wildman–Crippen MR) is 173 cm³/mol. The van der Waals surface area contributed by atoms with E-state index in [1.807, 2.05) is 0 Å². The molecule has 46 heavy (non-hydrogen) atoms. The molecule has 4 aliphatic rings. The van der Waals surface area contributed by atoms with Crippen LogP contribution in [0.1, 0.15) is 131 Å². The Morgan fingerprint density at radius 2 is 1.74 bits per heavy atom. The van der Waals surface area contributed by atoms with Crippen molar-refractivity contribution in [1.82, 2.24) is 9.97 Å². The van der Waals surface area contributed by atoms with Crippen molar-refractivity contribution < 1.29 is 31.8 Å². The summed E-state index contributed by atoms with van der Waals surface area (Å²) in [7, 11) is -2.22. The van der Waals surface area contributed by atoms with Crippen LogP contribution in [0.25, 0.3) is 0 Å². The fourth-order valence-electron chi connectivity index (χ4n) is 7.94. The Morgan fingerprint density at radius 3 is 2.35 bits per heavy atom. The van der Waals surface area contributed by atoms with E-state index in [4.69, 9.17) is 23.6 Å². The average Bonchev–Trinajstić information content (AvgIpc) is 3.30. The van der Waals surface area contributed by atoms with Gasteiger partial charge in [0.1, 0.15) is 17.4 Å². The number of pyridine rings is 2. The molecule has 2 aromatic heterocycles. The fourth-order valence-corrected chi connectivity index (χ4v) is 9.21. The van der Waals surface area contributed by atoms with Crippen molar-refractivity contribution in [2.45, 2.75) is 128 Å². The van der Waals surface area contributed by atoms with Crippen LogP contribution >= 0.6 is 0 Å². The number of alkyl halides is 3. The van der Waals surface area contributed by atoms with E-state index >= 15 is 0 Å². The second-order valence-electron chi connectivity index (χ2n) is 16.2. The lowest BCUT2D eigenvalue weighted by Gasteiger charge is -2.47. The van der Waals surface area contributed by atoms with Gasteiger partial charge in [0, 0.05) is 66.7 Å². The average molecular weight is 661 g/mol. The molecule has 3 aliphatic heterocycles. The van der Waals surface area contributed by atoms with Crippen LogP contribution in [0.2, 0.25) is 18.1 Å². The standard InChI is InChI=1S/C36H51F3N2O4Si/c1-9-24-21-43-17-14-35(24)30-28-25(18-34(5,6)19-26(28)45-46(7,8)33(2,3)4)41-31(22-12-15-42-16-13-22)29(30)32(44-35)23-10-11-27(40-20-23)36(37,38)39/h10-11,20,22,24,26,32H,9,12-19,21H2,1-8H3. The lowest BCUT2D eigenvalue weighted by atomic mass is 9.67. The number of nitrogens with zero attached hydrogens (tertiary/aromatic N) is 2. The maximum atomic E-state index is 13.6. The SMILES string of the molecule is CCC1COCCC12OC(c1ccc(C(F)(F)F)nc1)c1c(C3CCOCC3)nc3c(c12)C(O[Si](C)(C)C(C)(C)C)CC(C)(C)C3. The van der Waals surface area contributed by atoms with Gasteiger partial charge in [0.25, 0.3) is 0 Å². The second kappa shape index (κ2) is 11.9. The first-order valence-electron chi connectivity index (χ1n) is 17.1. The zero-order chi connectivity index (χ0) is 33.3. The molecular weight excluding hydrogens is 609 g/mol. The molecule has 1 spiro atoms. The number of fused-ring (bicyclic) bond motifs is 4. The molecule has 5 heterocycles. The van der Waals surface area contributed by atoms with E-state index in [1.165, 1.54) is 11.8 Å². The maximum absolute atomic E-state index is 13.6. The van der Waals surface area contributed by atoms with E-state index in [9.17, 15) is 13.2 Å². The first kappa shape index (κ1) is 34.0. The van der Waals surface area contributed by atoms with Crippen molar-refractivity contribution in [2.75, 3.05) is 26.4 Å². The number of rotatable bonds is 5. The van der Waals surface area contributed by atoms with Crippen LogP contribution in [0, 0.1) is 11.3 Å². The predicted octanol–water partition coefficient (Wildman–Crippen LogP) is 9.19. The third-order valence-corrected chi connectivity index (χ3v) is 15.9. The van der Waals surface area contributed by atoms with E-state index in [-0.39, 0.29) is 28.4 Å². The van der Waals surface area contributed by atoms with Gasteiger partial charge in [-0.2, -0.15) is 13.2 Å². The summed E-state index contributed by atoms with van der Waals surface area (Å²) >= 11 is 0. The summed E-state index contributed by atoms with van der Waals surface area (Å²) in [6, 6.07) is 2.62. The highest BCUT2D eigenvalue weighted by atomic mass is 28.4. The Balaban J connectivity index is 1.64. The minimum absolute atomic E-state index is 0.0145. The first-order valence-corrected chi connectivity index (χ1v) is 20.0. The third kappa shape index (κ3) is 5.99. The first-order chi connectivity index (χ1) is 21.5. The molecule has 0 saturated carbocycles. The third-order valence-electron chi connectivity index (χ3n) is 11.4. The van der Waals surface area contributed by atoms with E-state index in [0.29, 0.717) is 38.4 Å². The van der Waals surface area contributed by atoms with Gasteiger partial charge in [-0.1, -0.05) is 47.6 Å². The minimum atomic E-state index is -4.52. The van der Waals surface area contributed by atoms with Crippen molar-refractivity contribution in [1.29, 1.82) is 0 Å². The number of hydrogen-bond acceptors (Lipinski definition) is 6. The lowest BCUT2D eigenvalue weighted by molar-refractivity contribution is -0.163. The summed E-state index contributed by atoms with van der Waals surface area (Å²) in [4.78, 5) is 9.47. The highest BCUT2D eigenvalue weighted by molar-refractivity contribution is 6.74. The van der Waals surface area contributed by atoms with Crippen LogP contribution in [0.15, 0.2) is 18.3 Å². The molecule has 0 amide bonds. The monoisotopic (exact) mass is 660 g/mol. The van der Waals surface area contributed by atoms with E-state index < -0.39 is 31.9 Å². The molecule has 0 bridgehead atoms. The van der Waals surface area contributed by atoms with E-state index in [0.717, 1.165) is 60.7 Å². The van der Waals surface area contributed by atoms with Crippen LogP contribution in [-0.4, -0.2) is 44.7 Å². The summed E-state index contributed by atoms with van der Waals surface area (Å²) < 4.78 is 67.4. The highest BCUT2D eigenvalue weighted by Crippen LogP contribution is 2.61. The molecule has 254 valence electrons. The van der Waals surface area contributed by atoms with Gasteiger partial charge >= 0.3 is 6.18 Å².